The number of thiophene rings is 1. The Kier molecular flexibility index (Phi) is 8.39. The zero-order valence-electron chi connectivity index (χ0n) is 33.2. The van der Waals surface area contributed by atoms with Crippen LogP contribution in [0.1, 0.15) is 0 Å². The van der Waals surface area contributed by atoms with Gasteiger partial charge in [-0.2, -0.15) is 0 Å². The van der Waals surface area contributed by atoms with Gasteiger partial charge in [0, 0.05) is 59.0 Å². The number of hydrogen-bond donors (Lipinski definition) is 0. The molecule has 0 spiro atoms. The Morgan fingerprint density at radius 3 is 1.66 bits per heavy atom. The molecule has 2 heterocycles. The van der Waals surface area contributed by atoms with Crippen LogP contribution in [0, 0.1) is 0 Å². The van der Waals surface area contributed by atoms with Crippen LogP contribution in [0.15, 0.2) is 231 Å². The predicted octanol–water partition coefficient (Wildman–Crippen LogP) is 16.8. The summed E-state index contributed by atoms with van der Waals surface area (Å²) in [5.41, 5.74) is 14.1. The van der Waals surface area contributed by atoms with Gasteiger partial charge in [-0.3, -0.25) is 0 Å². The average Bonchev–Trinajstić information content (AvgIpc) is 3.88. The smallest absolute Gasteiger partial charge is 0.0619 e. The van der Waals surface area contributed by atoms with Gasteiger partial charge >= 0.3 is 0 Å². The summed E-state index contributed by atoms with van der Waals surface area (Å²) in [5.74, 6) is 0. The summed E-state index contributed by atoms with van der Waals surface area (Å²) in [6.45, 7) is 0. The van der Waals surface area contributed by atoms with Crippen molar-refractivity contribution >= 4 is 81.1 Å². The third-order valence-electron chi connectivity index (χ3n) is 12.2. The molecule has 2 nitrogen and oxygen atoms in total. The number of benzene rings is 10. The van der Waals surface area contributed by atoms with Gasteiger partial charge in [0.25, 0.3) is 0 Å². The van der Waals surface area contributed by atoms with Crippen LogP contribution in [-0.2, 0) is 0 Å². The first-order valence-electron chi connectivity index (χ1n) is 20.8. The highest BCUT2D eigenvalue weighted by molar-refractivity contribution is 7.25. The van der Waals surface area contributed by atoms with Crippen LogP contribution in [0.2, 0.25) is 0 Å². The second-order valence-corrected chi connectivity index (χ2v) is 16.8. The van der Waals surface area contributed by atoms with Crippen molar-refractivity contribution < 1.29 is 0 Å². The molecule has 0 atom stereocenters. The molecule has 0 saturated heterocycles. The molecule has 0 radical (unpaired) electrons. The second-order valence-electron chi connectivity index (χ2n) is 15.7. The zero-order valence-corrected chi connectivity index (χ0v) is 34.1. The summed E-state index contributed by atoms with van der Waals surface area (Å²) in [6.07, 6.45) is 0. The largest absolute Gasteiger partial charge is 0.310 e. The number of aromatic nitrogens is 1. The molecule has 0 saturated carbocycles. The van der Waals surface area contributed by atoms with Crippen LogP contribution in [0.4, 0.5) is 17.1 Å². The van der Waals surface area contributed by atoms with Crippen molar-refractivity contribution in [2.75, 3.05) is 4.90 Å². The Morgan fingerprint density at radius 2 is 0.902 bits per heavy atom. The van der Waals surface area contributed by atoms with Gasteiger partial charge in [0.15, 0.2) is 0 Å². The van der Waals surface area contributed by atoms with Gasteiger partial charge in [-0.15, -0.1) is 11.3 Å². The van der Waals surface area contributed by atoms with Crippen LogP contribution < -0.4 is 4.90 Å². The molecule has 10 aromatic carbocycles. The maximum absolute atomic E-state index is 2.44. The fraction of sp³-hybridized carbons (Fsp3) is 0. The fourth-order valence-corrected chi connectivity index (χ4v) is 10.4. The van der Waals surface area contributed by atoms with E-state index in [1.807, 2.05) is 11.3 Å². The molecule has 0 unspecified atom stereocenters. The lowest BCUT2D eigenvalue weighted by molar-refractivity contribution is 1.19. The highest BCUT2D eigenvalue weighted by atomic mass is 32.1. The highest BCUT2D eigenvalue weighted by Gasteiger charge is 2.19. The molecule has 0 N–H and O–H groups in total. The SMILES string of the molecule is c1ccc(-c2ccccc2N(c2ccc(-c3ccc4c(c3)sc3ccccc34)cc2)c2ccc(-c3ccc4c5ccc6ccccc6c5n(-c5ccccc5)c4c3)cc2)cc1. The van der Waals surface area contributed by atoms with E-state index in [1.165, 1.54) is 86.1 Å². The topological polar surface area (TPSA) is 8.17 Å². The van der Waals surface area contributed by atoms with E-state index in [2.05, 4.69) is 240 Å². The Labute approximate surface area is 358 Å². The first-order chi connectivity index (χ1) is 30.2. The fourth-order valence-electron chi connectivity index (χ4n) is 9.27. The molecule has 12 rings (SSSR count). The van der Waals surface area contributed by atoms with Crippen molar-refractivity contribution in [2.45, 2.75) is 0 Å². The van der Waals surface area contributed by atoms with E-state index < -0.39 is 0 Å². The maximum atomic E-state index is 2.44. The second kappa shape index (κ2) is 14.5. The minimum atomic E-state index is 1.09. The lowest BCUT2D eigenvalue weighted by Gasteiger charge is -2.28. The van der Waals surface area contributed by atoms with E-state index >= 15 is 0 Å². The van der Waals surface area contributed by atoms with E-state index in [1.54, 1.807) is 0 Å². The van der Waals surface area contributed by atoms with E-state index in [-0.39, 0.29) is 0 Å². The third-order valence-corrected chi connectivity index (χ3v) is 13.3. The molecule has 0 aliphatic carbocycles. The van der Waals surface area contributed by atoms with E-state index in [4.69, 9.17) is 0 Å². The van der Waals surface area contributed by atoms with Gasteiger partial charge in [0.05, 0.1) is 16.7 Å². The predicted molar refractivity (Wildman–Crippen MR) is 262 cm³/mol. The molecule has 0 amide bonds. The van der Waals surface area contributed by atoms with Crippen LogP contribution >= 0.6 is 11.3 Å². The van der Waals surface area contributed by atoms with Crippen LogP contribution in [0.25, 0.3) is 91.8 Å². The number of para-hydroxylation sites is 2. The normalized spacial score (nSPS) is 11.6. The lowest BCUT2D eigenvalue weighted by atomic mass is 9.99. The first kappa shape index (κ1) is 35.2. The van der Waals surface area contributed by atoms with Crippen molar-refractivity contribution in [3.8, 4) is 39.1 Å². The molecular weight excluding hydrogens is 757 g/mol. The molecule has 61 heavy (non-hydrogen) atoms. The number of rotatable bonds is 7. The highest BCUT2D eigenvalue weighted by Crippen LogP contribution is 2.44. The summed E-state index contributed by atoms with van der Waals surface area (Å²) in [5, 5.41) is 7.66. The molecule has 2 aromatic heterocycles. The Hall–Kier alpha value is -7.72. The Balaban J connectivity index is 0.966. The number of anilines is 3. The minimum Gasteiger partial charge on any atom is -0.310 e. The summed E-state index contributed by atoms with van der Waals surface area (Å²) in [6, 6.07) is 84.1. The zero-order chi connectivity index (χ0) is 40.3. The van der Waals surface area contributed by atoms with Crippen LogP contribution in [-0.4, -0.2) is 4.57 Å². The van der Waals surface area contributed by atoms with Gasteiger partial charge in [-0.25, -0.2) is 0 Å². The molecule has 3 heteroatoms. The molecule has 0 aliphatic rings. The molecule has 286 valence electrons. The molecule has 0 fully saturated rings. The number of fused-ring (bicyclic) bond motifs is 8. The summed E-state index contributed by atoms with van der Waals surface area (Å²) in [4.78, 5) is 2.40. The van der Waals surface area contributed by atoms with Crippen LogP contribution in [0.5, 0.6) is 0 Å². The van der Waals surface area contributed by atoms with E-state index in [9.17, 15) is 0 Å². The van der Waals surface area contributed by atoms with Gasteiger partial charge in [0.1, 0.15) is 0 Å². The Bertz CT molecular complexity index is 3560. The quantitative estimate of drug-likeness (QED) is 0.156. The van der Waals surface area contributed by atoms with Gasteiger partial charge in [-0.1, -0.05) is 170 Å². The van der Waals surface area contributed by atoms with Crippen molar-refractivity contribution in [2.24, 2.45) is 0 Å². The van der Waals surface area contributed by atoms with Crippen molar-refractivity contribution in [3.63, 3.8) is 0 Å². The molecular formula is C58H38N2S. The standard InChI is InChI=1S/C58H38N2S/c1-3-13-41(14-4-1)48-18-9-11-21-54(48)59(47-32-25-40(26-33-47)44-29-35-52-51-20-10-12-22-56(51)61-57(52)38-44)46-30-23-39(24-31-46)43-28-34-50-53-36-27-42-15-7-8-19-49(42)58(53)60(55(50)37-43)45-16-5-2-6-17-45/h1-38H. The monoisotopic (exact) mass is 794 g/mol. The van der Waals surface area contributed by atoms with E-state index in [0.717, 1.165) is 22.7 Å². The summed E-state index contributed by atoms with van der Waals surface area (Å²) >= 11 is 1.86. The number of nitrogens with zero attached hydrogens (tertiary/aromatic N) is 2. The maximum Gasteiger partial charge on any atom is 0.0619 e. The molecule has 12 aromatic rings. The van der Waals surface area contributed by atoms with E-state index in [0.29, 0.717) is 0 Å². The van der Waals surface area contributed by atoms with Gasteiger partial charge < -0.3 is 9.47 Å². The average molecular weight is 795 g/mol. The lowest BCUT2D eigenvalue weighted by Crippen LogP contribution is -2.11. The molecule has 0 bridgehead atoms. The summed E-state index contributed by atoms with van der Waals surface area (Å²) in [7, 11) is 0. The first-order valence-corrected chi connectivity index (χ1v) is 21.6. The number of hydrogen-bond acceptors (Lipinski definition) is 2. The Morgan fingerprint density at radius 1 is 0.344 bits per heavy atom. The van der Waals surface area contributed by atoms with Crippen molar-refractivity contribution in [1.29, 1.82) is 0 Å². The van der Waals surface area contributed by atoms with Crippen molar-refractivity contribution in [3.05, 3.63) is 231 Å². The van der Waals surface area contributed by atoms with Crippen LogP contribution in [0.3, 0.4) is 0 Å². The minimum absolute atomic E-state index is 1.09. The van der Waals surface area contributed by atoms with Gasteiger partial charge in [0.2, 0.25) is 0 Å². The molecule has 0 aliphatic heterocycles. The summed E-state index contributed by atoms with van der Waals surface area (Å²) < 4.78 is 5.08. The van der Waals surface area contributed by atoms with Crippen molar-refractivity contribution in [1.82, 2.24) is 4.57 Å². The van der Waals surface area contributed by atoms with Gasteiger partial charge in [-0.05, 0) is 93.9 Å². The third kappa shape index (κ3) is 6.01.